The van der Waals surface area contributed by atoms with Gasteiger partial charge < -0.3 is 5.32 Å². The maximum Gasteiger partial charge on any atom is 0.148 e. The van der Waals surface area contributed by atoms with Crippen LogP contribution >= 0.6 is 11.6 Å². The summed E-state index contributed by atoms with van der Waals surface area (Å²) in [7, 11) is 2.17. The summed E-state index contributed by atoms with van der Waals surface area (Å²) in [6, 6.07) is 1.26. The monoisotopic (exact) mass is 240 g/mol. The fourth-order valence-corrected chi connectivity index (χ4v) is 1.84. The Morgan fingerprint density at radius 3 is 3.00 bits per heavy atom. The van der Waals surface area contributed by atoms with Crippen LogP contribution in [0.5, 0.6) is 0 Å². The van der Waals surface area contributed by atoms with E-state index >= 15 is 0 Å². The molecular formula is C11H17ClN4. The molecule has 0 aromatic carbocycles. The van der Waals surface area contributed by atoms with Crippen molar-refractivity contribution in [2.24, 2.45) is 0 Å². The van der Waals surface area contributed by atoms with E-state index in [9.17, 15) is 0 Å². The van der Waals surface area contributed by atoms with Gasteiger partial charge in [0.1, 0.15) is 17.2 Å². The number of nitrogens with one attached hydrogen (secondary N) is 1. The number of halogens is 1. The Hall–Kier alpha value is -0.870. The maximum absolute atomic E-state index is 5.96. The van der Waals surface area contributed by atoms with Gasteiger partial charge in [0.05, 0.1) is 6.20 Å². The molecule has 1 aliphatic rings. The Morgan fingerprint density at radius 1 is 1.62 bits per heavy atom. The summed E-state index contributed by atoms with van der Waals surface area (Å²) in [5, 5.41) is 3.82. The first-order valence-electron chi connectivity index (χ1n) is 5.60. The number of hydrogen-bond donors (Lipinski definition) is 1. The molecule has 1 atom stereocenters. The van der Waals surface area contributed by atoms with Crippen molar-refractivity contribution in [3.63, 3.8) is 0 Å². The zero-order chi connectivity index (χ0) is 11.5. The molecule has 2 rings (SSSR count). The summed E-state index contributed by atoms with van der Waals surface area (Å²) in [6.07, 6.45) is 5.76. The molecular weight excluding hydrogens is 224 g/mol. The Balaban J connectivity index is 1.84. The zero-order valence-electron chi connectivity index (χ0n) is 9.65. The fraction of sp³-hybridized carbons (Fsp3) is 0.636. The minimum Gasteiger partial charge on any atom is -0.367 e. The van der Waals surface area contributed by atoms with E-state index in [0.29, 0.717) is 16.9 Å². The summed E-state index contributed by atoms with van der Waals surface area (Å²) in [6.45, 7) is 3.06. The predicted molar refractivity (Wildman–Crippen MR) is 65.8 cm³/mol. The Morgan fingerprint density at radius 2 is 2.38 bits per heavy atom. The van der Waals surface area contributed by atoms with Crippen molar-refractivity contribution in [2.45, 2.75) is 31.8 Å². The van der Waals surface area contributed by atoms with E-state index in [-0.39, 0.29) is 0 Å². The SMILES string of the molecule is CC(CNc1ncncc1Cl)N(C)C1CC1. The second-order valence-electron chi connectivity index (χ2n) is 4.35. The molecule has 1 aromatic rings. The van der Waals surface area contributed by atoms with Crippen molar-refractivity contribution < 1.29 is 0 Å². The average Bonchev–Trinajstić information content (AvgIpc) is 3.10. The van der Waals surface area contributed by atoms with E-state index in [1.807, 2.05) is 0 Å². The lowest BCUT2D eigenvalue weighted by atomic mass is 10.3. The van der Waals surface area contributed by atoms with Crippen LogP contribution < -0.4 is 5.32 Å². The van der Waals surface area contributed by atoms with Gasteiger partial charge in [-0.2, -0.15) is 0 Å². The lowest BCUT2D eigenvalue weighted by molar-refractivity contribution is 0.257. The van der Waals surface area contributed by atoms with Gasteiger partial charge in [0.25, 0.3) is 0 Å². The molecule has 1 N–H and O–H groups in total. The van der Waals surface area contributed by atoms with Crippen LogP contribution in [0.2, 0.25) is 5.02 Å². The molecule has 1 aliphatic carbocycles. The van der Waals surface area contributed by atoms with Crippen molar-refractivity contribution in [1.82, 2.24) is 14.9 Å². The summed E-state index contributed by atoms with van der Waals surface area (Å²) in [4.78, 5) is 10.4. The third-order valence-electron chi connectivity index (χ3n) is 3.05. The highest BCUT2D eigenvalue weighted by atomic mass is 35.5. The van der Waals surface area contributed by atoms with Crippen LogP contribution in [0.3, 0.4) is 0 Å². The molecule has 0 radical (unpaired) electrons. The normalized spacial score (nSPS) is 17.5. The number of nitrogens with zero attached hydrogens (tertiary/aromatic N) is 3. The van der Waals surface area contributed by atoms with Gasteiger partial charge in [0.2, 0.25) is 0 Å². The number of likely N-dealkylation sites (N-methyl/N-ethyl adjacent to an activating group) is 1. The van der Waals surface area contributed by atoms with Gasteiger partial charge in [0.15, 0.2) is 0 Å². The van der Waals surface area contributed by atoms with E-state index < -0.39 is 0 Å². The Kier molecular flexibility index (Phi) is 3.61. The molecule has 0 aliphatic heterocycles. The molecule has 1 heterocycles. The minimum atomic E-state index is 0.485. The van der Waals surface area contributed by atoms with Crippen LogP contribution in [0, 0.1) is 0 Å². The van der Waals surface area contributed by atoms with Crippen LogP contribution in [0.4, 0.5) is 5.82 Å². The van der Waals surface area contributed by atoms with Crippen molar-refractivity contribution in [2.75, 3.05) is 18.9 Å². The highest BCUT2D eigenvalue weighted by Crippen LogP contribution is 2.27. The van der Waals surface area contributed by atoms with Crippen LogP contribution in [-0.2, 0) is 0 Å². The Labute approximate surface area is 101 Å². The van der Waals surface area contributed by atoms with E-state index in [4.69, 9.17) is 11.6 Å². The molecule has 0 spiro atoms. The highest BCUT2D eigenvalue weighted by molar-refractivity contribution is 6.32. The van der Waals surface area contributed by atoms with Crippen molar-refractivity contribution in [3.05, 3.63) is 17.5 Å². The quantitative estimate of drug-likeness (QED) is 0.855. The molecule has 0 saturated heterocycles. The van der Waals surface area contributed by atoms with E-state index in [2.05, 4.69) is 34.2 Å². The molecule has 4 nitrogen and oxygen atoms in total. The molecule has 5 heteroatoms. The van der Waals surface area contributed by atoms with Crippen LogP contribution in [-0.4, -0.2) is 40.5 Å². The van der Waals surface area contributed by atoms with E-state index in [1.165, 1.54) is 19.2 Å². The number of anilines is 1. The Bertz CT molecular complexity index is 354. The summed E-state index contributed by atoms with van der Waals surface area (Å²) >= 11 is 5.96. The van der Waals surface area contributed by atoms with Gasteiger partial charge >= 0.3 is 0 Å². The van der Waals surface area contributed by atoms with Crippen molar-refractivity contribution in [3.8, 4) is 0 Å². The fourth-order valence-electron chi connectivity index (χ4n) is 1.67. The molecule has 1 aromatic heterocycles. The van der Waals surface area contributed by atoms with Gasteiger partial charge in [-0.15, -0.1) is 0 Å². The van der Waals surface area contributed by atoms with Crippen LogP contribution in [0.1, 0.15) is 19.8 Å². The van der Waals surface area contributed by atoms with Gasteiger partial charge in [-0.05, 0) is 26.8 Å². The molecule has 1 fully saturated rings. The second-order valence-corrected chi connectivity index (χ2v) is 4.75. The minimum absolute atomic E-state index is 0.485. The highest BCUT2D eigenvalue weighted by Gasteiger charge is 2.28. The van der Waals surface area contributed by atoms with Crippen molar-refractivity contribution >= 4 is 17.4 Å². The first-order valence-corrected chi connectivity index (χ1v) is 5.97. The molecule has 0 bridgehead atoms. The van der Waals surface area contributed by atoms with Crippen LogP contribution in [0.25, 0.3) is 0 Å². The maximum atomic E-state index is 5.96. The first-order chi connectivity index (χ1) is 7.68. The lowest BCUT2D eigenvalue weighted by Crippen LogP contribution is -2.36. The molecule has 88 valence electrons. The van der Waals surface area contributed by atoms with Gasteiger partial charge in [-0.3, -0.25) is 4.90 Å². The summed E-state index contributed by atoms with van der Waals surface area (Å²) in [5.74, 6) is 0.715. The second kappa shape index (κ2) is 4.97. The van der Waals surface area contributed by atoms with Crippen LogP contribution in [0.15, 0.2) is 12.5 Å². The van der Waals surface area contributed by atoms with E-state index in [0.717, 1.165) is 12.6 Å². The smallest absolute Gasteiger partial charge is 0.148 e. The molecule has 0 amide bonds. The first kappa shape index (κ1) is 11.6. The topological polar surface area (TPSA) is 41.1 Å². The van der Waals surface area contributed by atoms with Crippen molar-refractivity contribution in [1.29, 1.82) is 0 Å². The molecule has 1 unspecified atom stereocenters. The molecule has 16 heavy (non-hydrogen) atoms. The average molecular weight is 241 g/mol. The zero-order valence-corrected chi connectivity index (χ0v) is 10.4. The van der Waals surface area contributed by atoms with Gasteiger partial charge in [-0.25, -0.2) is 9.97 Å². The number of hydrogen-bond acceptors (Lipinski definition) is 4. The third kappa shape index (κ3) is 2.83. The third-order valence-corrected chi connectivity index (χ3v) is 3.33. The number of rotatable bonds is 5. The van der Waals surface area contributed by atoms with Gasteiger partial charge in [-0.1, -0.05) is 11.6 Å². The predicted octanol–water partition coefficient (Wildman–Crippen LogP) is 2.02. The number of aromatic nitrogens is 2. The summed E-state index contributed by atoms with van der Waals surface area (Å²) < 4.78 is 0. The van der Waals surface area contributed by atoms with E-state index in [1.54, 1.807) is 6.20 Å². The standard InChI is InChI=1S/C11H17ClN4/c1-8(16(2)9-3-4-9)5-14-11-10(12)6-13-7-15-11/h6-9H,3-5H2,1-2H3,(H,13,14,15). The molecule has 1 saturated carbocycles. The van der Waals surface area contributed by atoms with Gasteiger partial charge in [0, 0.05) is 18.6 Å². The lowest BCUT2D eigenvalue weighted by Gasteiger charge is -2.24. The largest absolute Gasteiger partial charge is 0.367 e. The summed E-state index contributed by atoms with van der Waals surface area (Å²) in [5.41, 5.74) is 0.